The zero-order valence-electron chi connectivity index (χ0n) is 14.5. The quantitative estimate of drug-likeness (QED) is 0.877. The number of amides is 1. The fourth-order valence-corrected chi connectivity index (χ4v) is 3.03. The third-order valence-electron chi connectivity index (χ3n) is 4.39. The smallest absolute Gasteiger partial charge is 0.289 e. The number of benzene rings is 1. The molecule has 0 spiro atoms. The Bertz CT molecular complexity index is 692. The summed E-state index contributed by atoms with van der Waals surface area (Å²) in [6, 6.07) is 11.7. The van der Waals surface area contributed by atoms with Gasteiger partial charge < -0.3 is 19.4 Å². The second-order valence-corrected chi connectivity index (χ2v) is 6.15. The SMILES string of the molecule is COc1ccc(/C=C/CNC2CCCN(C(=O)c3ccco3)C2)cc1. The molecule has 25 heavy (non-hydrogen) atoms. The number of piperidine rings is 1. The number of hydrogen-bond acceptors (Lipinski definition) is 4. The summed E-state index contributed by atoms with van der Waals surface area (Å²) in [6.07, 6.45) is 7.82. The number of furan rings is 1. The summed E-state index contributed by atoms with van der Waals surface area (Å²) in [4.78, 5) is 14.2. The van der Waals surface area contributed by atoms with Gasteiger partial charge in [-0.25, -0.2) is 0 Å². The average molecular weight is 340 g/mol. The summed E-state index contributed by atoms with van der Waals surface area (Å²) in [7, 11) is 1.67. The molecular formula is C20H24N2O3. The number of carbonyl (C=O) groups is 1. The van der Waals surface area contributed by atoms with Crippen molar-refractivity contribution in [2.24, 2.45) is 0 Å². The molecule has 1 aromatic heterocycles. The van der Waals surface area contributed by atoms with E-state index in [1.165, 1.54) is 6.26 Å². The van der Waals surface area contributed by atoms with Gasteiger partial charge in [-0.2, -0.15) is 0 Å². The largest absolute Gasteiger partial charge is 0.497 e. The molecule has 2 heterocycles. The molecular weight excluding hydrogens is 316 g/mol. The molecule has 132 valence electrons. The standard InChI is InChI=1S/C20H24N2O3/c1-24-18-10-8-16(9-11-18)5-2-12-21-17-6-3-13-22(15-17)20(23)19-7-4-14-25-19/h2,4-5,7-11,14,17,21H,3,6,12-13,15H2,1H3/b5-2+. The molecule has 0 saturated carbocycles. The van der Waals surface area contributed by atoms with Gasteiger partial charge >= 0.3 is 0 Å². The van der Waals surface area contributed by atoms with Crippen molar-refractivity contribution in [2.45, 2.75) is 18.9 Å². The summed E-state index contributed by atoms with van der Waals surface area (Å²) in [5, 5.41) is 3.51. The second-order valence-electron chi connectivity index (χ2n) is 6.15. The monoisotopic (exact) mass is 340 g/mol. The molecule has 5 heteroatoms. The van der Waals surface area contributed by atoms with Crippen molar-refractivity contribution in [1.82, 2.24) is 10.2 Å². The summed E-state index contributed by atoms with van der Waals surface area (Å²) < 4.78 is 10.4. The molecule has 1 amide bonds. The van der Waals surface area contributed by atoms with Gasteiger partial charge in [-0.3, -0.25) is 4.79 Å². The van der Waals surface area contributed by atoms with Crippen LogP contribution < -0.4 is 10.1 Å². The molecule has 1 aliphatic rings. The van der Waals surface area contributed by atoms with Crippen LogP contribution >= 0.6 is 0 Å². The molecule has 1 fully saturated rings. The third-order valence-corrected chi connectivity index (χ3v) is 4.39. The van der Waals surface area contributed by atoms with Gasteiger partial charge in [0.1, 0.15) is 5.75 Å². The van der Waals surface area contributed by atoms with Crippen LogP contribution in [0.2, 0.25) is 0 Å². The fourth-order valence-electron chi connectivity index (χ4n) is 3.03. The minimum atomic E-state index is -0.0229. The fraction of sp³-hybridized carbons (Fsp3) is 0.350. The Morgan fingerprint density at radius 3 is 2.92 bits per heavy atom. The van der Waals surface area contributed by atoms with Gasteiger partial charge in [-0.15, -0.1) is 0 Å². The number of methoxy groups -OCH3 is 1. The average Bonchev–Trinajstić information content (AvgIpc) is 3.20. The van der Waals surface area contributed by atoms with Crippen LogP contribution in [0, 0.1) is 0 Å². The van der Waals surface area contributed by atoms with Crippen LogP contribution in [0.3, 0.4) is 0 Å². The van der Waals surface area contributed by atoms with E-state index >= 15 is 0 Å². The number of rotatable bonds is 6. The van der Waals surface area contributed by atoms with Gasteiger partial charge in [-0.1, -0.05) is 24.3 Å². The highest BCUT2D eigenvalue weighted by Gasteiger charge is 2.25. The number of carbonyl (C=O) groups excluding carboxylic acids is 1. The number of hydrogen-bond donors (Lipinski definition) is 1. The maximum absolute atomic E-state index is 12.4. The summed E-state index contributed by atoms with van der Waals surface area (Å²) in [5.41, 5.74) is 1.14. The number of nitrogens with zero attached hydrogens (tertiary/aromatic N) is 1. The molecule has 1 atom stereocenters. The summed E-state index contributed by atoms with van der Waals surface area (Å²) >= 11 is 0. The third kappa shape index (κ3) is 4.73. The molecule has 0 radical (unpaired) electrons. The Kier molecular flexibility index (Phi) is 5.90. The van der Waals surface area contributed by atoms with E-state index in [4.69, 9.17) is 9.15 Å². The Labute approximate surface area is 148 Å². The van der Waals surface area contributed by atoms with Crippen LogP contribution in [0.15, 0.2) is 53.2 Å². The molecule has 1 saturated heterocycles. The van der Waals surface area contributed by atoms with Gasteiger partial charge in [0.15, 0.2) is 5.76 Å². The van der Waals surface area contributed by atoms with Crippen LogP contribution in [-0.4, -0.2) is 43.6 Å². The van der Waals surface area contributed by atoms with Gasteiger partial charge in [0, 0.05) is 25.7 Å². The lowest BCUT2D eigenvalue weighted by Crippen LogP contribution is -2.48. The highest BCUT2D eigenvalue weighted by molar-refractivity contribution is 5.91. The van der Waals surface area contributed by atoms with Crippen LogP contribution in [0.5, 0.6) is 5.75 Å². The van der Waals surface area contributed by atoms with Crippen LogP contribution in [0.25, 0.3) is 6.08 Å². The first-order chi connectivity index (χ1) is 12.3. The van der Waals surface area contributed by atoms with Gasteiger partial charge in [0.25, 0.3) is 5.91 Å². The van der Waals surface area contributed by atoms with Gasteiger partial charge in [0.05, 0.1) is 13.4 Å². The number of likely N-dealkylation sites (tertiary alicyclic amines) is 1. The highest BCUT2D eigenvalue weighted by atomic mass is 16.5. The maximum Gasteiger partial charge on any atom is 0.289 e. The lowest BCUT2D eigenvalue weighted by atomic mass is 10.1. The first kappa shape index (κ1) is 17.3. The Hall–Kier alpha value is -2.53. The topological polar surface area (TPSA) is 54.7 Å². The molecule has 1 N–H and O–H groups in total. The predicted octanol–water partition coefficient (Wildman–Crippen LogP) is 3.20. The van der Waals surface area contributed by atoms with E-state index in [-0.39, 0.29) is 5.91 Å². The first-order valence-electron chi connectivity index (χ1n) is 8.63. The van der Waals surface area contributed by atoms with E-state index in [0.717, 1.165) is 43.8 Å². The molecule has 1 aromatic carbocycles. The molecule has 0 bridgehead atoms. The molecule has 2 aromatic rings. The van der Waals surface area contributed by atoms with Crippen molar-refractivity contribution < 1.29 is 13.9 Å². The van der Waals surface area contributed by atoms with Crippen molar-refractivity contribution in [3.05, 3.63) is 60.1 Å². The highest BCUT2D eigenvalue weighted by Crippen LogP contribution is 2.15. The van der Waals surface area contributed by atoms with Gasteiger partial charge in [0.2, 0.25) is 0 Å². The van der Waals surface area contributed by atoms with Crippen molar-refractivity contribution in [1.29, 1.82) is 0 Å². The first-order valence-corrected chi connectivity index (χ1v) is 8.63. The van der Waals surface area contributed by atoms with E-state index in [1.807, 2.05) is 29.2 Å². The van der Waals surface area contributed by atoms with Gasteiger partial charge in [-0.05, 0) is 42.7 Å². The van der Waals surface area contributed by atoms with E-state index in [2.05, 4.69) is 17.5 Å². The molecule has 3 rings (SSSR count). The number of ether oxygens (including phenoxy) is 1. The summed E-state index contributed by atoms with van der Waals surface area (Å²) in [5.74, 6) is 1.25. The van der Waals surface area contributed by atoms with Crippen LogP contribution in [-0.2, 0) is 0 Å². The lowest BCUT2D eigenvalue weighted by molar-refractivity contribution is 0.0664. The molecule has 0 aliphatic carbocycles. The van der Waals surface area contributed by atoms with E-state index in [1.54, 1.807) is 19.2 Å². The Morgan fingerprint density at radius 1 is 1.36 bits per heavy atom. The normalized spacial score (nSPS) is 17.8. The van der Waals surface area contributed by atoms with Crippen molar-refractivity contribution in [2.75, 3.05) is 26.7 Å². The Morgan fingerprint density at radius 2 is 2.20 bits per heavy atom. The molecule has 5 nitrogen and oxygen atoms in total. The van der Waals surface area contributed by atoms with Crippen LogP contribution in [0.4, 0.5) is 0 Å². The van der Waals surface area contributed by atoms with Crippen LogP contribution in [0.1, 0.15) is 29.0 Å². The van der Waals surface area contributed by atoms with Crippen molar-refractivity contribution in [3.63, 3.8) is 0 Å². The van der Waals surface area contributed by atoms with Crippen molar-refractivity contribution >= 4 is 12.0 Å². The minimum Gasteiger partial charge on any atom is -0.497 e. The summed E-state index contributed by atoms with van der Waals surface area (Å²) in [6.45, 7) is 2.29. The van der Waals surface area contributed by atoms with Crippen molar-refractivity contribution in [3.8, 4) is 5.75 Å². The Balaban J connectivity index is 1.46. The molecule has 1 aliphatic heterocycles. The zero-order valence-corrected chi connectivity index (χ0v) is 14.5. The second kappa shape index (κ2) is 8.53. The predicted molar refractivity (Wildman–Crippen MR) is 97.7 cm³/mol. The number of nitrogens with one attached hydrogen (secondary N) is 1. The minimum absolute atomic E-state index is 0.0229. The zero-order chi connectivity index (χ0) is 17.5. The van der Waals surface area contributed by atoms with E-state index in [0.29, 0.717) is 11.8 Å². The lowest BCUT2D eigenvalue weighted by Gasteiger charge is -2.32. The molecule has 1 unspecified atom stereocenters. The van der Waals surface area contributed by atoms with E-state index < -0.39 is 0 Å². The maximum atomic E-state index is 12.4. The van der Waals surface area contributed by atoms with E-state index in [9.17, 15) is 4.79 Å².